The molecule has 1 aliphatic carbocycles. The van der Waals surface area contributed by atoms with Crippen molar-refractivity contribution in [2.75, 3.05) is 19.8 Å². The number of aliphatic hydroxyl groups is 1. The average Bonchev–Trinajstić information content (AvgIpc) is 2.99. The molecule has 1 saturated heterocycles. The lowest BCUT2D eigenvalue weighted by molar-refractivity contribution is -0.359. The van der Waals surface area contributed by atoms with Crippen molar-refractivity contribution in [3.05, 3.63) is 0 Å². The molecule has 26 heavy (non-hydrogen) atoms. The van der Waals surface area contributed by atoms with E-state index >= 15 is 0 Å². The summed E-state index contributed by atoms with van der Waals surface area (Å²) in [6.45, 7) is 14.0. The second-order valence-corrected chi connectivity index (χ2v) is 14.4. The first-order valence-electron chi connectivity index (χ1n) is 9.88. The first-order chi connectivity index (χ1) is 12.0. The van der Waals surface area contributed by atoms with Gasteiger partial charge in [-0.2, -0.15) is 0 Å². The van der Waals surface area contributed by atoms with Crippen LogP contribution in [0.15, 0.2) is 0 Å². The van der Waals surface area contributed by atoms with Gasteiger partial charge in [-0.1, -0.05) is 33.6 Å². The van der Waals surface area contributed by atoms with Crippen molar-refractivity contribution < 1.29 is 29.2 Å². The third-order valence-electron chi connectivity index (χ3n) is 6.66. The van der Waals surface area contributed by atoms with Crippen molar-refractivity contribution in [2.45, 2.75) is 95.4 Å². The second-order valence-electron chi connectivity index (χ2n) is 9.62. The fourth-order valence-corrected chi connectivity index (χ4v) is 5.32. The van der Waals surface area contributed by atoms with Gasteiger partial charge in [-0.15, -0.1) is 0 Å². The standard InChI is InChI=1S/C19H38O6Si/c1-17(2,3)26(5,6)24-16(13-18(4)22-11-12-23-18)15-9-7-8-10-19(15,14-20)25-21/h15-16,20-21H,7-14H2,1-6H3/t15-,16-,19?/m0/s1. The van der Waals surface area contributed by atoms with E-state index in [0.29, 0.717) is 26.1 Å². The Balaban J connectivity index is 2.32. The molecular weight excluding hydrogens is 352 g/mol. The zero-order valence-corrected chi connectivity index (χ0v) is 18.3. The highest BCUT2D eigenvalue weighted by Gasteiger charge is 2.51. The van der Waals surface area contributed by atoms with Gasteiger partial charge in [0.2, 0.25) is 0 Å². The predicted molar refractivity (Wildman–Crippen MR) is 102 cm³/mol. The van der Waals surface area contributed by atoms with Crippen molar-refractivity contribution in [3.8, 4) is 0 Å². The lowest BCUT2D eigenvalue weighted by Crippen LogP contribution is -2.56. The minimum Gasteiger partial charge on any atom is -0.413 e. The van der Waals surface area contributed by atoms with Gasteiger partial charge in [0.25, 0.3) is 0 Å². The third-order valence-corrected chi connectivity index (χ3v) is 11.2. The summed E-state index contributed by atoms with van der Waals surface area (Å²) in [6.07, 6.45) is 3.78. The lowest BCUT2D eigenvalue weighted by Gasteiger charge is -2.49. The smallest absolute Gasteiger partial charge is 0.192 e. The van der Waals surface area contributed by atoms with Crippen molar-refractivity contribution in [2.24, 2.45) is 5.92 Å². The van der Waals surface area contributed by atoms with Crippen LogP contribution in [-0.2, 0) is 18.8 Å². The number of hydrogen-bond donors (Lipinski definition) is 2. The summed E-state index contributed by atoms with van der Waals surface area (Å²) < 4.78 is 18.5. The van der Waals surface area contributed by atoms with Crippen LogP contribution in [0.25, 0.3) is 0 Å². The minimum absolute atomic E-state index is 0.0557. The average molecular weight is 391 g/mol. The van der Waals surface area contributed by atoms with E-state index in [2.05, 4.69) is 33.9 Å². The molecule has 1 heterocycles. The highest BCUT2D eigenvalue weighted by Crippen LogP contribution is 2.46. The van der Waals surface area contributed by atoms with Gasteiger partial charge in [-0.05, 0) is 37.9 Å². The van der Waals surface area contributed by atoms with E-state index in [9.17, 15) is 10.4 Å². The maximum atomic E-state index is 10.1. The molecule has 1 unspecified atom stereocenters. The molecule has 2 fully saturated rings. The van der Waals surface area contributed by atoms with Gasteiger partial charge in [-0.3, -0.25) is 5.26 Å². The van der Waals surface area contributed by atoms with E-state index in [1.807, 2.05) is 6.92 Å². The second kappa shape index (κ2) is 8.15. The Labute approximate surface area is 159 Å². The molecule has 0 amide bonds. The first kappa shape index (κ1) is 22.3. The largest absolute Gasteiger partial charge is 0.413 e. The van der Waals surface area contributed by atoms with Gasteiger partial charge in [0.1, 0.15) is 5.60 Å². The molecule has 0 aromatic rings. The van der Waals surface area contributed by atoms with Crippen LogP contribution in [0.4, 0.5) is 0 Å². The van der Waals surface area contributed by atoms with Crippen LogP contribution < -0.4 is 0 Å². The molecule has 1 saturated carbocycles. The third kappa shape index (κ3) is 4.69. The van der Waals surface area contributed by atoms with E-state index in [-0.39, 0.29) is 23.7 Å². The molecular formula is C19H38O6Si. The van der Waals surface area contributed by atoms with Crippen LogP contribution in [0.2, 0.25) is 18.1 Å². The van der Waals surface area contributed by atoms with Gasteiger partial charge < -0.3 is 19.0 Å². The van der Waals surface area contributed by atoms with Gasteiger partial charge in [0.15, 0.2) is 14.1 Å². The summed E-state index contributed by atoms with van der Waals surface area (Å²) in [5.74, 6) is -0.800. The fraction of sp³-hybridized carbons (Fsp3) is 1.00. The first-order valence-corrected chi connectivity index (χ1v) is 12.8. The highest BCUT2D eigenvalue weighted by atomic mass is 28.4. The van der Waals surface area contributed by atoms with Crippen LogP contribution >= 0.6 is 0 Å². The van der Waals surface area contributed by atoms with E-state index in [0.717, 1.165) is 19.3 Å². The molecule has 2 aliphatic rings. The molecule has 2 N–H and O–H groups in total. The van der Waals surface area contributed by atoms with E-state index in [1.165, 1.54) is 0 Å². The normalized spacial score (nSPS) is 31.2. The molecule has 3 atom stereocenters. The zero-order valence-electron chi connectivity index (χ0n) is 17.3. The van der Waals surface area contributed by atoms with E-state index in [4.69, 9.17) is 18.8 Å². The van der Waals surface area contributed by atoms with Crippen molar-refractivity contribution in [1.82, 2.24) is 0 Å². The lowest BCUT2D eigenvalue weighted by atomic mass is 9.71. The monoisotopic (exact) mass is 390 g/mol. The predicted octanol–water partition coefficient (Wildman–Crippen LogP) is 3.94. The molecule has 0 aromatic heterocycles. The molecule has 0 spiro atoms. The van der Waals surface area contributed by atoms with Gasteiger partial charge in [-0.25, -0.2) is 4.89 Å². The SMILES string of the molecule is CC1(C[C@H](O[Si](C)(C)C(C)(C)C)[C@@H]2CCCCC2(CO)OO)OCCO1. The highest BCUT2D eigenvalue weighted by molar-refractivity contribution is 6.74. The number of ether oxygens (including phenoxy) is 2. The molecule has 2 rings (SSSR count). The number of hydrogen-bond acceptors (Lipinski definition) is 6. The van der Waals surface area contributed by atoms with Crippen LogP contribution in [0, 0.1) is 5.92 Å². The minimum atomic E-state index is -2.07. The topological polar surface area (TPSA) is 77.4 Å². The molecule has 154 valence electrons. The van der Waals surface area contributed by atoms with E-state index < -0.39 is 19.7 Å². The maximum absolute atomic E-state index is 10.1. The van der Waals surface area contributed by atoms with Crippen molar-refractivity contribution >= 4 is 8.32 Å². The molecule has 0 radical (unpaired) electrons. The van der Waals surface area contributed by atoms with Gasteiger partial charge >= 0.3 is 0 Å². The summed E-state index contributed by atoms with van der Waals surface area (Å²) >= 11 is 0. The Hall–Kier alpha value is -0.0231. The van der Waals surface area contributed by atoms with Gasteiger partial charge in [0, 0.05) is 12.3 Å². The van der Waals surface area contributed by atoms with E-state index in [1.54, 1.807) is 0 Å². The Morgan fingerprint density at radius 3 is 2.31 bits per heavy atom. The fourth-order valence-electron chi connectivity index (χ4n) is 3.96. The maximum Gasteiger partial charge on any atom is 0.192 e. The molecule has 1 aliphatic heterocycles. The van der Waals surface area contributed by atoms with Gasteiger partial charge in [0.05, 0.1) is 25.9 Å². The van der Waals surface area contributed by atoms with Crippen molar-refractivity contribution in [1.29, 1.82) is 0 Å². The molecule has 7 heteroatoms. The summed E-state index contributed by atoms with van der Waals surface area (Å²) in [6, 6.07) is 0. The van der Waals surface area contributed by atoms with Crippen LogP contribution in [-0.4, -0.2) is 56.0 Å². The molecule has 0 bridgehead atoms. The quantitative estimate of drug-likeness (QED) is 0.389. The van der Waals surface area contributed by atoms with Crippen LogP contribution in [0.5, 0.6) is 0 Å². The van der Waals surface area contributed by atoms with Crippen molar-refractivity contribution in [3.63, 3.8) is 0 Å². The Bertz CT molecular complexity index is 451. The molecule has 0 aromatic carbocycles. The summed E-state index contributed by atoms with van der Waals surface area (Å²) in [5.41, 5.74) is -0.972. The van der Waals surface area contributed by atoms with Crippen LogP contribution in [0.1, 0.15) is 59.8 Å². The number of aliphatic hydroxyl groups excluding tert-OH is 1. The summed E-state index contributed by atoms with van der Waals surface area (Å²) in [4.78, 5) is 4.92. The van der Waals surface area contributed by atoms with Crippen LogP contribution in [0.3, 0.4) is 0 Å². The summed E-state index contributed by atoms with van der Waals surface area (Å²) in [5, 5.41) is 19.8. The Morgan fingerprint density at radius 2 is 1.81 bits per heavy atom. The molecule has 6 nitrogen and oxygen atoms in total. The summed E-state index contributed by atoms with van der Waals surface area (Å²) in [7, 11) is -2.07. The Kier molecular flexibility index (Phi) is 6.98. The number of rotatable bonds is 7. The Morgan fingerprint density at radius 1 is 1.19 bits per heavy atom. The zero-order chi connectivity index (χ0) is 19.6.